The van der Waals surface area contributed by atoms with E-state index < -0.39 is 34.0 Å². The number of benzene rings is 2. The smallest absolute Gasteiger partial charge is 0.328 e. The second-order valence-corrected chi connectivity index (χ2v) is 11.2. The molecule has 2 heterocycles. The van der Waals surface area contributed by atoms with Crippen LogP contribution in [0.3, 0.4) is 0 Å². The maximum Gasteiger partial charge on any atom is 0.328 e. The third kappa shape index (κ3) is 10.2. The first-order chi connectivity index (χ1) is 21.3. The fraction of sp³-hybridized carbons (Fsp3) is 0.321. The van der Waals surface area contributed by atoms with E-state index in [-0.39, 0.29) is 35.3 Å². The van der Waals surface area contributed by atoms with Crippen LogP contribution in [0.2, 0.25) is 0 Å². The van der Waals surface area contributed by atoms with Gasteiger partial charge in [-0.25, -0.2) is 4.79 Å². The molecule has 8 N–H and O–H groups in total. The molecule has 45 heavy (non-hydrogen) atoms. The average Bonchev–Trinajstić information content (AvgIpc) is 3.01. The van der Waals surface area contributed by atoms with Crippen LogP contribution in [0.4, 0.5) is 23.1 Å². The SMILES string of the molecule is COC(=O)CC[C@H](NC(=O)c1ccc(NC[C@H]2CNc3nc(N)[nH]c(=O)c3N2)cc1)C(=O)OC.Cc1ccc(S(=O)(=O)O)cc1. The number of aryl methyl sites for hydroxylation is 1. The molecule has 0 bridgehead atoms. The summed E-state index contributed by atoms with van der Waals surface area (Å²) in [5.41, 5.74) is 7.56. The largest absolute Gasteiger partial charge is 0.469 e. The van der Waals surface area contributed by atoms with Crippen LogP contribution >= 0.6 is 0 Å². The van der Waals surface area contributed by atoms with E-state index in [0.29, 0.717) is 30.2 Å². The minimum Gasteiger partial charge on any atom is -0.469 e. The van der Waals surface area contributed by atoms with Crippen molar-refractivity contribution in [3.8, 4) is 0 Å². The lowest BCUT2D eigenvalue weighted by molar-refractivity contribution is -0.144. The van der Waals surface area contributed by atoms with Crippen LogP contribution < -0.4 is 32.6 Å². The summed E-state index contributed by atoms with van der Waals surface area (Å²) in [6.07, 6.45) is 0.0183. The zero-order valence-corrected chi connectivity index (χ0v) is 25.6. The molecule has 1 aromatic heterocycles. The summed E-state index contributed by atoms with van der Waals surface area (Å²) in [4.78, 5) is 54.3. The van der Waals surface area contributed by atoms with Gasteiger partial charge in [0.2, 0.25) is 5.95 Å². The highest BCUT2D eigenvalue weighted by Crippen LogP contribution is 2.20. The van der Waals surface area contributed by atoms with E-state index in [4.69, 9.17) is 15.0 Å². The number of hydrogen-bond donors (Lipinski definition) is 7. The Morgan fingerprint density at radius 1 is 1.09 bits per heavy atom. The van der Waals surface area contributed by atoms with Gasteiger partial charge in [-0.2, -0.15) is 13.4 Å². The highest BCUT2D eigenvalue weighted by molar-refractivity contribution is 7.85. The number of nitrogens with zero attached hydrogens (tertiary/aromatic N) is 1. The number of aromatic nitrogens is 2. The van der Waals surface area contributed by atoms with Crippen molar-refractivity contribution in [1.29, 1.82) is 0 Å². The maximum absolute atomic E-state index is 12.6. The first kappa shape index (κ1) is 34.3. The Bertz CT molecular complexity index is 1660. The van der Waals surface area contributed by atoms with Gasteiger partial charge in [-0.1, -0.05) is 17.7 Å². The van der Waals surface area contributed by atoms with E-state index in [1.165, 1.54) is 26.4 Å². The molecule has 0 saturated heterocycles. The van der Waals surface area contributed by atoms with Gasteiger partial charge >= 0.3 is 11.9 Å². The predicted molar refractivity (Wildman–Crippen MR) is 166 cm³/mol. The summed E-state index contributed by atoms with van der Waals surface area (Å²) in [5.74, 6) is -1.17. The predicted octanol–water partition coefficient (Wildman–Crippen LogP) is 1.14. The quantitative estimate of drug-likeness (QED) is 0.121. The number of carbonyl (C=O) groups excluding carboxylic acids is 3. The molecule has 0 saturated carbocycles. The van der Waals surface area contributed by atoms with Gasteiger partial charge < -0.3 is 36.5 Å². The molecule has 2 atom stereocenters. The third-order valence-corrected chi connectivity index (χ3v) is 7.34. The van der Waals surface area contributed by atoms with Gasteiger partial charge in [-0.05, 0) is 49.7 Å². The van der Waals surface area contributed by atoms with Crippen molar-refractivity contribution in [3.05, 3.63) is 70.0 Å². The Balaban J connectivity index is 0.000000423. The third-order valence-electron chi connectivity index (χ3n) is 6.48. The number of amides is 1. The summed E-state index contributed by atoms with van der Waals surface area (Å²) in [7, 11) is -1.57. The molecule has 3 aromatic rings. The second kappa shape index (κ2) is 15.5. The standard InChI is InChI=1S/C21H27N7O6.C7H8O3S/c1-33-15(29)8-7-14(20(32)34-2)26-18(30)11-3-5-12(6-4-11)23-9-13-10-24-17-16(25-13)19(31)28-21(22)27-17;1-6-2-4-7(5-3-6)11(8,9)10/h3-6,13-14,23,25H,7-10H2,1-2H3,(H,26,30)(H4,22,24,27,28,31);2-5H,1H3,(H,8,9,10)/t13-,14-;/m0./s1. The van der Waals surface area contributed by atoms with Gasteiger partial charge in [0.15, 0.2) is 5.82 Å². The molecule has 16 nitrogen and oxygen atoms in total. The minimum absolute atomic E-state index is 0.0384. The fourth-order valence-corrected chi connectivity index (χ4v) is 4.52. The summed E-state index contributed by atoms with van der Waals surface area (Å²) in [6, 6.07) is 11.6. The zero-order valence-electron chi connectivity index (χ0n) is 24.7. The van der Waals surface area contributed by atoms with Crippen molar-refractivity contribution >= 4 is 51.1 Å². The molecule has 1 aliphatic rings. The number of aromatic amines is 1. The number of nitrogens with two attached hydrogens (primary N) is 1. The molecule has 17 heteroatoms. The van der Waals surface area contributed by atoms with E-state index in [2.05, 4.69) is 36.0 Å². The Labute approximate surface area is 258 Å². The molecule has 4 rings (SSSR count). The second-order valence-electron chi connectivity index (χ2n) is 9.81. The van der Waals surface area contributed by atoms with Crippen LogP contribution in [-0.2, 0) is 29.2 Å². The number of methoxy groups -OCH3 is 2. The van der Waals surface area contributed by atoms with E-state index in [1.807, 2.05) is 6.92 Å². The molecule has 2 aromatic carbocycles. The molecule has 242 valence electrons. The fourth-order valence-electron chi connectivity index (χ4n) is 4.04. The molecular formula is C28H35N7O9S. The van der Waals surface area contributed by atoms with Gasteiger partial charge in [0.25, 0.3) is 21.6 Å². The lowest BCUT2D eigenvalue weighted by Gasteiger charge is -2.27. The zero-order chi connectivity index (χ0) is 33.1. The van der Waals surface area contributed by atoms with Crippen molar-refractivity contribution in [2.75, 3.05) is 49.0 Å². The number of rotatable bonds is 10. The molecule has 0 unspecified atom stereocenters. The number of ether oxygens (including phenoxy) is 2. The van der Waals surface area contributed by atoms with Crippen molar-refractivity contribution in [1.82, 2.24) is 15.3 Å². The number of carbonyl (C=O) groups is 3. The van der Waals surface area contributed by atoms with Crippen molar-refractivity contribution in [2.45, 2.75) is 36.7 Å². The van der Waals surface area contributed by atoms with Crippen molar-refractivity contribution in [2.24, 2.45) is 0 Å². The lowest BCUT2D eigenvalue weighted by atomic mass is 10.1. The van der Waals surface area contributed by atoms with Crippen LogP contribution in [0, 0.1) is 6.92 Å². The summed E-state index contributed by atoms with van der Waals surface area (Å²) < 4.78 is 38.8. The minimum atomic E-state index is -4.02. The summed E-state index contributed by atoms with van der Waals surface area (Å²) >= 11 is 0. The number of hydrogen-bond acceptors (Lipinski definition) is 13. The highest BCUT2D eigenvalue weighted by Gasteiger charge is 2.24. The van der Waals surface area contributed by atoms with Gasteiger partial charge in [-0.15, -0.1) is 0 Å². The molecule has 0 spiro atoms. The Morgan fingerprint density at radius 2 is 1.76 bits per heavy atom. The summed E-state index contributed by atoms with van der Waals surface area (Å²) in [5, 5.41) is 12.0. The summed E-state index contributed by atoms with van der Waals surface area (Å²) in [6.45, 7) is 2.85. The van der Waals surface area contributed by atoms with Crippen LogP contribution in [0.15, 0.2) is 58.2 Å². The molecule has 1 aliphatic heterocycles. The Hall–Kier alpha value is -5.16. The van der Waals surface area contributed by atoms with Crippen LogP contribution in [0.25, 0.3) is 0 Å². The van der Waals surface area contributed by atoms with E-state index in [9.17, 15) is 27.6 Å². The van der Waals surface area contributed by atoms with E-state index in [0.717, 1.165) is 11.3 Å². The molecular weight excluding hydrogens is 610 g/mol. The molecule has 0 radical (unpaired) electrons. The monoisotopic (exact) mass is 645 g/mol. The molecule has 1 amide bonds. The van der Waals surface area contributed by atoms with Crippen molar-refractivity contribution < 1.29 is 36.8 Å². The van der Waals surface area contributed by atoms with Crippen LogP contribution in [0.5, 0.6) is 0 Å². The molecule has 0 aliphatic carbocycles. The van der Waals surface area contributed by atoms with E-state index in [1.54, 1.807) is 36.4 Å². The number of H-pyrrole nitrogens is 1. The number of esters is 2. The first-order valence-electron chi connectivity index (χ1n) is 13.5. The topological polar surface area (TPSA) is 244 Å². The normalized spacial score (nSPS) is 14.2. The van der Waals surface area contributed by atoms with Gasteiger partial charge in [-0.3, -0.25) is 23.9 Å². The number of nitrogens with one attached hydrogen (secondary N) is 5. The van der Waals surface area contributed by atoms with Gasteiger partial charge in [0.05, 0.1) is 25.2 Å². The lowest BCUT2D eigenvalue weighted by Crippen LogP contribution is -2.42. The highest BCUT2D eigenvalue weighted by atomic mass is 32.2. The molecule has 0 fully saturated rings. The first-order valence-corrected chi connectivity index (χ1v) is 15.0. The number of anilines is 4. The Kier molecular flexibility index (Phi) is 11.8. The number of fused-ring (bicyclic) bond motifs is 1. The maximum atomic E-state index is 12.6. The average molecular weight is 646 g/mol. The van der Waals surface area contributed by atoms with Crippen LogP contribution in [-0.4, -0.2) is 80.2 Å². The van der Waals surface area contributed by atoms with Gasteiger partial charge in [0, 0.05) is 30.8 Å². The van der Waals surface area contributed by atoms with Gasteiger partial charge in [0.1, 0.15) is 11.7 Å². The number of nitrogen functional groups attached to an aromatic ring is 1. The Morgan fingerprint density at radius 3 is 2.36 bits per heavy atom. The van der Waals surface area contributed by atoms with E-state index >= 15 is 0 Å². The van der Waals surface area contributed by atoms with Crippen LogP contribution in [0.1, 0.15) is 28.8 Å². The van der Waals surface area contributed by atoms with Crippen molar-refractivity contribution in [3.63, 3.8) is 0 Å².